The minimum Gasteiger partial charge on any atom is -0.0622 e. The quantitative estimate of drug-likeness (QED) is 0.204. The Morgan fingerprint density at radius 1 is 0.467 bits per heavy atom. The average molecular weight is 409 g/mol. The van der Waals surface area contributed by atoms with E-state index in [0.29, 0.717) is 5.92 Å². The van der Waals surface area contributed by atoms with E-state index < -0.39 is 0 Å². The van der Waals surface area contributed by atoms with E-state index >= 15 is 0 Å². The first-order valence-electron chi connectivity index (χ1n) is 10.9. The maximum atomic E-state index is 2.30. The molecule has 0 aliphatic heterocycles. The average Bonchev–Trinajstić information content (AvgIpc) is 2.84. The van der Waals surface area contributed by atoms with Gasteiger partial charge >= 0.3 is 0 Å². The molecule has 4 aromatic carbocycles. The fourth-order valence-electron chi connectivity index (χ4n) is 4.14. The van der Waals surface area contributed by atoms with E-state index in [1.165, 1.54) is 47.2 Å². The summed E-state index contributed by atoms with van der Waals surface area (Å²) in [6.07, 6.45) is 4.94. The molecule has 0 fully saturated rings. The molecule has 0 atom stereocenters. The minimum atomic E-state index is -0.290. The van der Waals surface area contributed by atoms with Crippen molar-refractivity contribution >= 4 is 18.5 Å². The summed E-state index contributed by atoms with van der Waals surface area (Å²) in [7, 11) is -0.290. The van der Waals surface area contributed by atoms with Crippen molar-refractivity contribution in [3.63, 3.8) is 0 Å². The van der Waals surface area contributed by atoms with Crippen LogP contribution in [0.25, 0.3) is 0 Å². The molecular weight excluding hydrogens is 379 g/mol. The van der Waals surface area contributed by atoms with Gasteiger partial charge in [-0.2, -0.15) is 0 Å². The largest absolute Gasteiger partial charge is 0.0622 e. The summed E-state index contributed by atoms with van der Waals surface area (Å²) in [4.78, 5) is 0. The molecular formula is C29H29P. The van der Waals surface area contributed by atoms with Gasteiger partial charge in [-0.1, -0.05) is 128 Å². The van der Waals surface area contributed by atoms with Gasteiger partial charge in [0.2, 0.25) is 0 Å². The van der Waals surface area contributed by atoms with E-state index in [2.05, 4.69) is 121 Å². The second-order valence-corrected chi connectivity index (χ2v) is 10.0. The summed E-state index contributed by atoms with van der Waals surface area (Å²) < 4.78 is 0. The zero-order valence-electron chi connectivity index (χ0n) is 17.4. The van der Waals surface area contributed by atoms with Crippen molar-refractivity contribution in [2.24, 2.45) is 0 Å². The highest BCUT2D eigenvalue weighted by molar-refractivity contribution is 7.73. The maximum Gasteiger partial charge on any atom is 0.00893 e. The van der Waals surface area contributed by atoms with Gasteiger partial charge in [-0.05, 0) is 48.7 Å². The van der Waals surface area contributed by atoms with Gasteiger partial charge in [0.1, 0.15) is 0 Å². The zero-order valence-corrected chi connectivity index (χ0v) is 18.3. The molecule has 0 unspecified atom stereocenters. The first-order valence-corrected chi connectivity index (χ1v) is 12.4. The van der Waals surface area contributed by atoms with Crippen LogP contribution in [0.3, 0.4) is 0 Å². The van der Waals surface area contributed by atoms with Crippen LogP contribution < -0.4 is 10.6 Å². The summed E-state index contributed by atoms with van der Waals surface area (Å²) in [6, 6.07) is 44.1. The molecule has 0 radical (unpaired) electrons. The van der Waals surface area contributed by atoms with Crippen molar-refractivity contribution in [3.05, 3.63) is 132 Å². The summed E-state index contributed by atoms with van der Waals surface area (Å²) in [5.74, 6) is 0.479. The predicted octanol–water partition coefficient (Wildman–Crippen LogP) is 7.12. The lowest BCUT2D eigenvalue weighted by molar-refractivity contribution is 0.653. The van der Waals surface area contributed by atoms with Crippen LogP contribution in [-0.4, -0.2) is 6.16 Å². The Bertz CT molecular complexity index is 817. The Kier molecular flexibility index (Phi) is 7.48. The fraction of sp³-hybridized carbons (Fsp3) is 0.172. The molecule has 0 saturated carbocycles. The van der Waals surface area contributed by atoms with Gasteiger partial charge in [-0.15, -0.1) is 0 Å². The van der Waals surface area contributed by atoms with E-state index in [0.717, 1.165) is 0 Å². The van der Waals surface area contributed by atoms with Crippen LogP contribution in [0.1, 0.15) is 36.3 Å². The molecule has 0 nitrogen and oxygen atoms in total. The van der Waals surface area contributed by atoms with Crippen molar-refractivity contribution in [2.75, 3.05) is 6.16 Å². The fourth-order valence-corrected chi connectivity index (χ4v) is 6.56. The van der Waals surface area contributed by atoms with E-state index in [1.807, 2.05) is 0 Å². The van der Waals surface area contributed by atoms with E-state index in [1.54, 1.807) is 0 Å². The standard InChI is InChI=1S/C29H29P/c1-5-15-25(16-6-1)29(26-17-7-2-8-18-26)23-13-14-24-30(27-19-9-3-10-20-27)28-21-11-4-12-22-28/h1-12,15-22,29H,13-14,23-24H2. The lowest BCUT2D eigenvalue weighted by Crippen LogP contribution is -2.14. The van der Waals surface area contributed by atoms with Gasteiger partial charge in [0.05, 0.1) is 0 Å². The topological polar surface area (TPSA) is 0 Å². The molecule has 0 aliphatic rings. The highest BCUT2D eigenvalue weighted by atomic mass is 31.1. The van der Waals surface area contributed by atoms with Gasteiger partial charge in [0.25, 0.3) is 0 Å². The molecule has 30 heavy (non-hydrogen) atoms. The highest BCUT2D eigenvalue weighted by Crippen LogP contribution is 2.36. The second-order valence-electron chi connectivity index (χ2n) is 7.69. The number of hydrogen-bond donors (Lipinski definition) is 0. The third-order valence-corrected chi connectivity index (χ3v) is 8.27. The second kappa shape index (κ2) is 10.9. The Morgan fingerprint density at radius 2 is 0.867 bits per heavy atom. The summed E-state index contributed by atoms with van der Waals surface area (Å²) in [5.41, 5.74) is 2.86. The Morgan fingerprint density at radius 3 is 1.30 bits per heavy atom. The molecule has 0 aromatic heterocycles. The Labute approximate surface area is 182 Å². The molecule has 0 bridgehead atoms. The lowest BCUT2D eigenvalue weighted by Gasteiger charge is -2.21. The Balaban J connectivity index is 1.45. The molecule has 0 spiro atoms. The molecule has 4 rings (SSSR count). The van der Waals surface area contributed by atoms with Crippen molar-refractivity contribution in [3.8, 4) is 0 Å². The predicted molar refractivity (Wildman–Crippen MR) is 133 cm³/mol. The van der Waals surface area contributed by atoms with Crippen molar-refractivity contribution in [1.82, 2.24) is 0 Å². The molecule has 0 amide bonds. The summed E-state index contributed by atoms with van der Waals surface area (Å²) >= 11 is 0. The summed E-state index contributed by atoms with van der Waals surface area (Å²) in [5, 5.41) is 2.97. The van der Waals surface area contributed by atoms with Gasteiger partial charge in [-0.25, -0.2) is 0 Å². The van der Waals surface area contributed by atoms with Crippen LogP contribution >= 0.6 is 7.92 Å². The monoisotopic (exact) mass is 408 g/mol. The van der Waals surface area contributed by atoms with Crippen molar-refractivity contribution in [1.29, 1.82) is 0 Å². The SMILES string of the molecule is c1ccc(C(CCCCP(c2ccccc2)c2ccccc2)c2ccccc2)cc1. The third kappa shape index (κ3) is 5.47. The van der Waals surface area contributed by atoms with Crippen LogP contribution in [0.2, 0.25) is 0 Å². The van der Waals surface area contributed by atoms with E-state index in [9.17, 15) is 0 Å². The molecule has 1 heteroatoms. The molecule has 0 saturated heterocycles. The van der Waals surface area contributed by atoms with Crippen molar-refractivity contribution in [2.45, 2.75) is 25.2 Å². The molecule has 4 aromatic rings. The van der Waals surface area contributed by atoms with Crippen LogP contribution in [0.4, 0.5) is 0 Å². The minimum absolute atomic E-state index is 0.290. The number of hydrogen-bond acceptors (Lipinski definition) is 0. The Hall–Kier alpha value is -2.69. The zero-order chi connectivity index (χ0) is 20.4. The van der Waals surface area contributed by atoms with Crippen LogP contribution in [0, 0.1) is 0 Å². The summed E-state index contributed by atoms with van der Waals surface area (Å²) in [6.45, 7) is 0. The van der Waals surface area contributed by atoms with Crippen LogP contribution in [0.5, 0.6) is 0 Å². The maximum absolute atomic E-state index is 2.30. The van der Waals surface area contributed by atoms with Crippen LogP contribution in [-0.2, 0) is 0 Å². The van der Waals surface area contributed by atoms with Gasteiger partial charge < -0.3 is 0 Å². The number of rotatable bonds is 9. The number of benzene rings is 4. The molecule has 0 aliphatic carbocycles. The highest BCUT2D eigenvalue weighted by Gasteiger charge is 2.16. The van der Waals surface area contributed by atoms with Crippen LogP contribution in [0.15, 0.2) is 121 Å². The van der Waals surface area contributed by atoms with Crippen molar-refractivity contribution < 1.29 is 0 Å². The van der Waals surface area contributed by atoms with Gasteiger partial charge in [-0.3, -0.25) is 0 Å². The first kappa shape index (κ1) is 20.6. The normalized spacial score (nSPS) is 11.1. The first-order chi connectivity index (χ1) is 14.9. The molecule has 0 N–H and O–H groups in total. The molecule has 150 valence electrons. The lowest BCUT2D eigenvalue weighted by atomic mass is 9.87. The third-order valence-electron chi connectivity index (χ3n) is 5.66. The smallest absolute Gasteiger partial charge is 0.00893 e. The molecule has 0 heterocycles. The van der Waals surface area contributed by atoms with E-state index in [4.69, 9.17) is 0 Å². The number of unbranched alkanes of at least 4 members (excludes halogenated alkanes) is 1. The van der Waals surface area contributed by atoms with E-state index in [-0.39, 0.29) is 7.92 Å². The van der Waals surface area contributed by atoms with Gasteiger partial charge in [0.15, 0.2) is 0 Å². The van der Waals surface area contributed by atoms with Gasteiger partial charge in [0, 0.05) is 5.92 Å².